The van der Waals surface area contributed by atoms with Crippen molar-refractivity contribution in [2.75, 3.05) is 5.73 Å². The lowest BCUT2D eigenvalue weighted by molar-refractivity contribution is 0.411. The van der Waals surface area contributed by atoms with Gasteiger partial charge >= 0.3 is 0 Å². The molecule has 0 atom stereocenters. The number of rotatable bonds is 1. The molecule has 0 aliphatic carbocycles. The molecule has 0 amide bonds. The van der Waals surface area contributed by atoms with E-state index in [4.69, 9.17) is 10.5 Å². The molecule has 0 saturated carbocycles. The fraction of sp³-hybridized carbons (Fsp3) is 0. The first kappa shape index (κ1) is 15.0. The maximum Gasteiger partial charge on any atom is 0.203 e. The maximum absolute atomic E-state index is 14.2. The highest BCUT2D eigenvalue weighted by Gasteiger charge is 2.28. The third kappa shape index (κ3) is 1.90. The number of aromatic hydroxyl groups is 1. The molecule has 8 heteroatoms. The number of nitrogens with zero attached hydrogens (tertiary/aromatic N) is 1. The summed E-state index contributed by atoms with van der Waals surface area (Å²) in [5.41, 5.74) is 4.86. The van der Waals surface area contributed by atoms with Crippen LogP contribution in [0.15, 0.2) is 35.8 Å². The van der Waals surface area contributed by atoms with Crippen molar-refractivity contribution < 1.29 is 23.7 Å². The van der Waals surface area contributed by atoms with Crippen molar-refractivity contribution in [3.05, 3.63) is 58.4 Å². The van der Waals surface area contributed by atoms with Gasteiger partial charge in [-0.2, -0.15) is 4.39 Å². The van der Waals surface area contributed by atoms with Gasteiger partial charge in [0.25, 0.3) is 0 Å². The van der Waals surface area contributed by atoms with Crippen LogP contribution in [-0.2, 0) is 0 Å². The van der Waals surface area contributed by atoms with Crippen molar-refractivity contribution in [1.82, 2.24) is 4.57 Å². The molecule has 2 aromatic carbocycles. The number of pyridine rings is 1. The van der Waals surface area contributed by atoms with Gasteiger partial charge in [0.05, 0.1) is 22.3 Å². The van der Waals surface area contributed by atoms with Crippen molar-refractivity contribution in [1.29, 1.82) is 0 Å². The van der Waals surface area contributed by atoms with Gasteiger partial charge in [-0.05, 0) is 6.07 Å². The van der Waals surface area contributed by atoms with Crippen LogP contribution in [0, 0.1) is 11.6 Å². The predicted molar refractivity (Wildman–Crippen MR) is 87.3 cm³/mol. The summed E-state index contributed by atoms with van der Waals surface area (Å²) in [6, 6.07) is 3.23. The molecule has 1 aromatic heterocycles. The zero-order valence-corrected chi connectivity index (χ0v) is 12.5. The Morgan fingerprint density at radius 1 is 1.28 bits per heavy atom. The SMILES string of the molecule is C=C(O)c1cn2c3c(c(F)c(F)cc3c1=O)Oc1cc(N)c(O)cc1-2. The van der Waals surface area contributed by atoms with Crippen LogP contribution < -0.4 is 15.9 Å². The molecule has 1 aliphatic heterocycles. The molecule has 25 heavy (non-hydrogen) atoms. The number of aliphatic hydroxyl groups is 1. The fourth-order valence-corrected chi connectivity index (χ4v) is 2.84. The number of benzene rings is 2. The molecule has 6 nitrogen and oxygen atoms in total. The van der Waals surface area contributed by atoms with E-state index in [0.29, 0.717) is 0 Å². The smallest absolute Gasteiger partial charge is 0.203 e. The van der Waals surface area contributed by atoms with Crippen LogP contribution in [0.1, 0.15) is 5.56 Å². The van der Waals surface area contributed by atoms with E-state index in [1.54, 1.807) is 0 Å². The Labute approximate surface area is 138 Å². The molecule has 4 rings (SSSR count). The highest BCUT2D eigenvalue weighted by atomic mass is 19.2. The molecule has 3 aromatic rings. The zero-order chi connectivity index (χ0) is 18.0. The van der Waals surface area contributed by atoms with Gasteiger partial charge in [0.1, 0.15) is 17.0 Å². The van der Waals surface area contributed by atoms with Crippen molar-refractivity contribution in [3.63, 3.8) is 0 Å². The van der Waals surface area contributed by atoms with Crippen LogP contribution in [0.3, 0.4) is 0 Å². The van der Waals surface area contributed by atoms with Gasteiger partial charge in [-0.3, -0.25) is 4.79 Å². The normalized spacial score (nSPS) is 11.9. The van der Waals surface area contributed by atoms with E-state index in [2.05, 4.69) is 6.58 Å². The number of aromatic nitrogens is 1. The number of phenols is 1. The van der Waals surface area contributed by atoms with E-state index in [1.807, 2.05) is 0 Å². The van der Waals surface area contributed by atoms with Crippen molar-refractivity contribution in [2.45, 2.75) is 0 Å². The Hall–Kier alpha value is -3.55. The van der Waals surface area contributed by atoms with Gasteiger partial charge in [-0.25, -0.2) is 4.39 Å². The fourth-order valence-electron chi connectivity index (χ4n) is 2.84. The van der Waals surface area contributed by atoms with Crippen LogP contribution in [0.4, 0.5) is 14.5 Å². The average Bonchev–Trinajstić information content (AvgIpc) is 2.55. The van der Waals surface area contributed by atoms with Gasteiger partial charge in [0, 0.05) is 18.3 Å². The van der Waals surface area contributed by atoms with E-state index < -0.39 is 28.6 Å². The topological polar surface area (TPSA) is 97.7 Å². The number of fused-ring (bicyclic) bond motifs is 2. The minimum Gasteiger partial charge on any atom is -0.508 e. The average molecular weight is 344 g/mol. The Balaban J connectivity index is 2.26. The number of halogens is 2. The number of ether oxygens (including phenoxy) is 1. The van der Waals surface area contributed by atoms with Gasteiger partial charge in [-0.15, -0.1) is 0 Å². The first-order chi connectivity index (χ1) is 11.8. The first-order valence-electron chi connectivity index (χ1n) is 7.06. The van der Waals surface area contributed by atoms with Crippen LogP contribution in [0.25, 0.3) is 22.3 Å². The molecule has 1 aliphatic rings. The van der Waals surface area contributed by atoms with Crippen LogP contribution >= 0.6 is 0 Å². The number of nitrogens with two attached hydrogens (primary N) is 1. The second kappa shape index (κ2) is 4.73. The Morgan fingerprint density at radius 3 is 2.68 bits per heavy atom. The Morgan fingerprint density at radius 2 is 2.00 bits per heavy atom. The van der Waals surface area contributed by atoms with Crippen molar-refractivity contribution in [3.8, 4) is 22.9 Å². The summed E-state index contributed by atoms with van der Waals surface area (Å²) in [6.45, 7) is 3.31. The molecular weight excluding hydrogens is 334 g/mol. The lowest BCUT2D eigenvalue weighted by Gasteiger charge is -2.24. The highest BCUT2D eigenvalue weighted by Crippen LogP contribution is 2.44. The van der Waals surface area contributed by atoms with E-state index in [1.165, 1.54) is 22.9 Å². The molecule has 0 saturated heterocycles. The lowest BCUT2D eigenvalue weighted by Crippen LogP contribution is -2.18. The number of anilines is 1. The number of phenolic OH excluding ortho intramolecular Hbond substituents is 1. The largest absolute Gasteiger partial charge is 0.508 e. The molecule has 126 valence electrons. The van der Waals surface area contributed by atoms with Gasteiger partial charge in [0.15, 0.2) is 17.3 Å². The Bertz CT molecular complexity index is 1170. The minimum absolute atomic E-state index is 0.0249. The summed E-state index contributed by atoms with van der Waals surface area (Å²) >= 11 is 0. The summed E-state index contributed by atoms with van der Waals surface area (Å²) < 4.78 is 34.9. The third-order valence-corrected chi connectivity index (χ3v) is 4.03. The number of hydrogen-bond acceptors (Lipinski definition) is 5. The first-order valence-corrected chi connectivity index (χ1v) is 7.06. The standard InChI is InChI=1S/C17H10F2N2O4/c1-6(22)8-5-21-11-4-12(23)10(20)3-13(11)25-17-14(19)9(18)2-7(15(17)21)16(8)24/h2-5,22-23H,1,20H2. The minimum atomic E-state index is -1.28. The monoisotopic (exact) mass is 344 g/mol. The van der Waals surface area contributed by atoms with Gasteiger partial charge in [0.2, 0.25) is 11.2 Å². The van der Waals surface area contributed by atoms with Crippen LogP contribution in [0.5, 0.6) is 17.2 Å². The van der Waals surface area contributed by atoms with Crippen molar-refractivity contribution in [2.24, 2.45) is 0 Å². The van der Waals surface area contributed by atoms with Crippen LogP contribution in [-0.4, -0.2) is 14.8 Å². The second-order valence-corrected chi connectivity index (χ2v) is 5.57. The summed E-state index contributed by atoms with van der Waals surface area (Å²) in [4.78, 5) is 12.5. The number of aliphatic hydroxyl groups excluding tert-OH is 1. The maximum atomic E-state index is 14.2. The molecule has 0 spiro atoms. The number of nitrogen functional groups attached to an aromatic ring is 1. The van der Waals surface area contributed by atoms with Gasteiger partial charge in [-0.1, -0.05) is 6.58 Å². The quantitative estimate of drug-likeness (QED) is 0.280. The summed E-state index contributed by atoms with van der Waals surface area (Å²) in [7, 11) is 0. The van der Waals surface area contributed by atoms with E-state index >= 15 is 0 Å². The zero-order valence-electron chi connectivity index (χ0n) is 12.5. The second-order valence-electron chi connectivity index (χ2n) is 5.57. The molecule has 0 bridgehead atoms. The predicted octanol–water partition coefficient (Wildman–Crippen LogP) is 3.19. The highest BCUT2D eigenvalue weighted by molar-refractivity contribution is 5.91. The lowest BCUT2D eigenvalue weighted by atomic mass is 10.1. The third-order valence-electron chi connectivity index (χ3n) is 4.03. The van der Waals surface area contributed by atoms with E-state index in [0.717, 1.165) is 6.07 Å². The number of hydrogen-bond donors (Lipinski definition) is 3. The van der Waals surface area contributed by atoms with E-state index in [9.17, 15) is 23.8 Å². The van der Waals surface area contributed by atoms with Crippen LogP contribution in [0.2, 0.25) is 0 Å². The molecule has 0 unspecified atom stereocenters. The van der Waals surface area contributed by atoms with E-state index in [-0.39, 0.29) is 39.3 Å². The summed E-state index contributed by atoms with van der Waals surface area (Å²) in [5.74, 6) is -3.78. The van der Waals surface area contributed by atoms with Gasteiger partial charge < -0.3 is 25.3 Å². The molecule has 0 fully saturated rings. The Kier molecular flexibility index (Phi) is 2.84. The molecule has 2 heterocycles. The molecule has 0 radical (unpaired) electrons. The summed E-state index contributed by atoms with van der Waals surface area (Å²) in [5, 5.41) is 19.3. The molecule has 4 N–H and O–H groups in total. The molecular formula is C17H10F2N2O4. The van der Waals surface area contributed by atoms with Crippen molar-refractivity contribution >= 4 is 22.3 Å². The summed E-state index contributed by atoms with van der Waals surface area (Å²) in [6.07, 6.45) is 1.21.